The van der Waals surface area contributed by atoms with E-state index in [9.17, 15) is 4.79 Å². The van der Waals surface area contributed by atoms with Gasteiger partial charge in [0.05, 0.1) is 19.3 Å². The summed E-state index contributed by atoms with van der Waals surface area (Å²) in [6.07, 6.45) is 0. The van der Waals surface area contributed by atoms with Gasteiger partial charge >= 0.3 is 0 Å². The topological polar surface area (TPSA) is 50.4 Å². The number of anilines is 1. The van der Waals surface area contributed by atoms with Crippen molar-refractivity contribution >= 4 is 23.2 Å². The van der Waals surface area contributed by atoms with Gasteiger partial charge in [-0.25, -0.2) is 0 Å². The summed E-state index contributed by atoms with van der Waals surface area (Å²) in [5.74, 6) is 0.511. The third kappa shape index (κ3) is 4.48. The second-order valence-electron chi connectivity index (χ2n) is 4.91. The Balaban J connectivity index is 1.90. The average molecular weight is 319 g/mol. The number of benzene rings is 2. The largest absolute Gasteiger partial charge is 0.495 e. The van der Waals surface area contributed by atoms with Crippen molar-refractivity contribution in [3.05, 3.63) is 59.1 Å². The summed E-state index contributed by atoms with van der Waals surface area (Å²) in [5.41, 5.74) is 1.70. The normalized spacial score (nSPS) is 11.8. The lowest BCUT2D eigenvalue weighted by molar-refractivity contribution is -0.115. The van der Waals surface area contributed by atoms with E-state index in [0.717, 1.165) is 5.56 Å². The molecule has 0 saturated carbocycles. The van der Waals surface area contributed by atoms with Gasteiger partial charge in [-0.3, -0.25) is 4.79 Å². The summed E-state index contributed by atoms with van der Waals surface area (Å²) in [5, 5.41) is 6.68. The fourth-order valence-corrected chi connectivity index (χ4v) is 2.28. The van der Waals surface area contributed by atoms with Gasteiger partial charge in [-0.05, 0) is 36.8 Å². The van der Waals surface area contributed by atoms with Crippen LogP contribution in [0.15, 0.2) is 48.5 Å². The van der Waals surface area contributed by atoms with Crippen LogP contribution in [0.5, 0.6) is 5.75 Å². The first-order valence-electron chi connectivity index (χ1n) is 7.02. The van der Waals surface area contributed by atoms with E-state index in [2.05, 4.69) is 10.6 Å². The maximum atomic E-state index is 12.0. The summed E-state index contributed by atoms with van der Waals surface area (Å²) in [4.78, 5) is 12.0. The first-order valence-corrected chi connectivity index (χ1v) is 7.39. The van der Waals surface area contributed by atoms with Crippen LogP contribution in [0.4, 0.5) is 5.69 Å². The molecule has 0 heterocycles. The molecule has 0 radical (unpaired) electrons. The number of carbonyl (C=O) groups excluding carboxylic acids is 1. The van der Waals surface area contributed by atoms with Gasteiger partial charge in [0.25, 0.3) is 0 Å². The molecule has 0 aromatic heterocycles. The molecule has 2 aromatic rings. The third-order valence-corrected chi connectivity index (χ3v) is 3.53. The molecule has 2 N–H and O–H groups in total. The van der Waals surface area contributed by atoms with Crippen LogP contribution in [0.25, 0.3) is 0 Å². The van der Waals surface area contributed by atoms with E-state index in [1.807, 2.05) is 43.3 Å². The van der Waals surface area contributed by atoms with Crippen molar-refractivity contribution in [3.63, 3.8) is 0 Å². The van der Waals surface area contributed by atoms with Crippen LogP contribution in [0.1, 0.15) is 18.5 Å². The Morgan fingerprint density at radius 2 is 2.00 bits per heavy atom. The van der Waals surface area contributed by atoms with Crippen molar-refractivity contribution < 1.29 is 9.53 Å². The van der Waals surface area contributed by atoms with E-state index < -0.39 is 0 Å². The number of hydrogen-bond acceptors (Lipinski definition) is 3. The Bertz CT molecular complexity index is 646. The first-order chi connectivity index (χ1) is 10.6. The molecule has 116 valence electrons. The highest BCUT2D eigenvalue weighted by Crippen LogP contribution is 2.23. The van der Waals surface area contributed by atoms with Crippen molar-refractivity contribution in [2.75, 3.05) is 19.0 Å². The standard InChI is InChI=1S/C17H19ClN2O2/c1-12(13-6-5-7-14(18)10-13)19-11-17(21)20-15-8-3-4-9-16(15)22-2/h3-10,12,19H,11H2,1-2H3,(H,20,21)/t12-/m1/s1. The van der Waals surface area contributed by atoms with Crippen LogP contribution in [-0.4, -0.2) is 19.6 Å². The van der Waals surface area contributed by atoms with Gasteiger partial charge in [-0.15, -0.1) is 0 Å². The Morgan fingerprint density at radius 3 is 2.73 bits per heavy atom. The highest BCUT2D eigenvalue weighted by atomic mass is 35.5. The predicted octanol–water partition coefficient (Wildman–Crippen LogP) is 3.64. The number of para-hydroxylation sites is 2. The number of nitrogens with one attached hydrogen (secondary N) is 2. The zero-order valence-corrected chi connectivity index (χ0v) is 13.4. The van der Waals surface area contributed by atoms with Crippen molar-refractivity contribution in [1.29, 1.82) is 0 Å². The Hall–Kier alpha value is -2.04. The molecule has 0 unspecified atom stereocenters. The second-order valence-corrected chi connectivity index (χ2v) is 5.34. The highest BCUT2D eigenvalue weighted by Gasteiger charge is 2.10. The molecule has 5 heteroatoms. The van der Waals surface area contributed by atoms with Crippen LogP contribution in [0.2, 0.25) is 5.02 Å². The summed E-state index contributed by atoms with van der Waals surface area (Å²) in [7, 11) is 1.57. The molecule has 0 aliphatic rings. The molecule has 2 rings (SSSR count). The van der Waals surface area contributed by atoms with Gasteiger partial charge in [0, 0.05) is 11.1 Å². The molecule has 0 saturated heterocycles. The van der Waals surface area contributed by atoms with E-state index in [4.69, 9.17) is 16.3 Å². The van der Waals surface area contributed by atoms with Crippen LogP contribution in [0.3, 0.4) is 0 Å². The number of methoxy groups -OCH3 is 1. The molecule has 0 spiro atoms. The minimum Gasteiger partial charge on any atom is -0.495 e. The fourth-order valence-electron chi connectivity index (χ4n) is 2.08. The van der Waals surface area contributed by atoms with Gasteiger partial charge in [0.2, 0.25) is 5.91 Å². The fraction of sp³-hybridized carbons (Fsp3) is 0.235. The quantitative estimate of drug-likeness (QED) is 0.855. The van der Waals surface area contributed by atoms with E-state index in [0.29, 0.717) is 16.5 Å². The maximum absolute atomic E-state index is 12.0. The highest BCUT2D eigenvalue weighted by molar-refractivity contribution is 6.30. The van der Waals surface area contributed by atoms with Crippen molar-refractivity contribution in [1.82, 2.24) is 5.32 Å². The van der Waals surface area contributed by atoms with Crippen molar-refractivity contribution in [3.8, 4) is 5.75 Å². The Kier molecular flexibility index (Phi) is 5.81. The summed E-state index contributed by atoms with van der Waals surface area (Å²) < 4.78 is 5.20. The van der Waals surface area contributed by atoms with Crippen LogP contribution >= 0.6 is 11.6 Å². The van der Waals surface area contributed by atoms with E-state index in [1.54, 1.807) is 19.2 Å². The minimum atomic E-state index is -0.127. The van der Waals surface area contributed by atoms with Gasteiger partial charge < -0.3 is 15.4 Å². The summed E-state index contributed by atoms with van der Waals surface area (Å²) in [6, 6.07) is 14.9. The number of carbonyl (C=O) groups is 1. The summed E-state index contributed by atoms with van der Waals surface area (Å²) in [6.45, 7) is 2.19. The van der Waals surface area contributed by atoms with Crippen molar-refractivity contribution in [2.24, 2.45) is 0 Å². The number of halogens is 1. The molecule has 22 heavy (non-hydrogen) atoms. The number of ether oxygens (including phenoxy) is 1. The molecule has 0 aliphatic heterocycles. The number of rotatable bonds is 6. The van der Waals surface area contributed by atoms with E-state index in [-0.39, 0.29) is 18.5 Å². The molecule has 2 aromatic carbocycles. The van der Waals surface area contributed by atoms with Crippen LogP contribution in [-0.2, 0) is 4.79 Å². The molecule has 1 amide bonds. The lowest BCUT2D eigenvalue weighted by Crippen LogP contribution is -2.30. The van der Waals surface area contributed by atoms with Gasteiger partial charge in [-0.1, -0.05) is 35.9 Å². The molecule has 0 fully saturated rings. The zero-order valence-electron chi connectivity index (χ0n) is 12.6. The van der Waals surface area contributed by atoms with Crippen molar-refractivity contribution in [2.45, 2.75) is 13.0 Å². The monoisotopic (exact) mass is 318 g/mol. The molecule has 1 atom stereocenters. The lowest BCUT2D eigenvalue weighted by Gasteiger charge is -2.15. The maximum Gasteiger partial charge on any atom is 0.238 e. The first kappa shape index (κ1) is 16.3. The molecular weight excluding hydrogens is 300 g/mol. The Morgan fingerprint density at radius 1 is 1.23 bits per heavy atom. The zero-order chi connectivity index (χ0) is 15.9. The molecular formula is C17H19ClN2O2. The van der Waals surface area contributed by atoms with E-state index >= 15 is 0 Å². The Labute approximate surface area is 135 Å². The smallest absolute Gasteiger partial charge is 0.238 e. The van der Waals surface area contributed by atoms with Crippen LogP contribution in [0, 0.1) is 0 Å². The third-order valence-electron chi connectivity index (χ3n) is 3.30. The average Bonchev–Trinajstić information content (AvgIpc) is 2.53. The summed E-state index contributed by atoms with van der Waals surface area (Å²) >= 11 is 5.97. The molecule has 0 bridgehead atoms. The van der Waals surface area contributed by atoms with Gasteiger partial charge in [0.15, 0.2) is 0 Å². The van der Waals surface area contributed by atoms with Gasteiger partial charge in [-0.2, -0.15) is 0 Å². The van der Waals surface area contributed by atoms with E-state index in [1.165, 1.54) is 0 Å². The number of hydrogen-bond donors (Lipinski definition) is 2. The lowest BCUT2D eigenvalue weighted by atomic mass is 10.1. The SMILES string of the molecule is COc1ccccc1NC(=O)CN[C@H](C)c1cccc(Cl)c1. The van der Waals surface area contributed by atoms with Gasteiger partial charge in [0.1, 0.15) is 5.75 Å². The predicted molar refractivity (Wildman–Crippen MR) is 89.5 cm³/mol. The minimum absolute atomic E-state index is 0.0297. The molecule has 4 nitrogen and oxygen atoms in total. The van der Waals surface area contributed by atoms with Crippen LogP contribution < -0.4 is 15.4 Å². The number of amides is 1. The second kappa shape index (κ2) is 7.82. The molecule has 0 aliphatic carbocycles.